The summed E-state index contributed by atoms with van der Waals surface area (Å²) in [5, 5.41) is 9.69. The van der Waals surface area contributed by atoms with Gasteiger partial charge in [-0.1, -0.05) is 337 Å². The first-order valence-electron chi connectivity index (χ1n) is 34.5. The van der Waals surface area contributed by atoms with Crippen LogP contribution in [0.1, 0.15) is 361 Å². The summed E-state index contributed by atoms with van der Waals surface area (Å²) in [5.41, 5.74) is 0. The molecule has 1 unspecified atom stereocenters. The van der Waals surface area contributed by atoms with Gasteiger partial charge >= 0.3 is 11.9 Å². The molecule has 5 nitrogen and oxygen atoms in total. The average molecular weight is 1090 g/mol. The van der Waals surface area contributed by atoms with Crippen LogP contribution in [-0.4, -0.2) is 36.4 Å². The van der Waals surface area contributed by atoms with Gasteiger partial charge in [0.2, 0.25) is 0 Å². The Morgan fingerprint density at radius 3 is 0.846 bits per heavy atom. The molecule has 0 rings (SSSR count). The van der Waals surface area contributed by atoms with Crippen molar-refractivity contribution in [1.29, 1.82) is 0 Å². The van der Waals surface area contributed by atoms with Crippen molar-refractivity contribution in [2.24, 2.45) is 0 Å². The van der Waals surface area contributed by atoms with Gasteiger partial charge in [-0.05, 0) is 83.5 Å². The molecule has 0 aliphatic rings. The summed E-state index contributed by atoms with van der Waals surface area (Å²) in [4.78, 5) is 24.6. The van der Waals surface area contributed by atoms with E-state index in [0.717, 1.165) is 70.6 Å². The Hall–Kier alpha value is -2.66. The van der Waals surface area contributed by atoms with Gasteiger partial charge in [0.05, 0.1) is 6.61 Å². The van der Waals surface area contributed by atoms with Crippen LogP contribution in [-0.2, 0) is 19.1 Å². The molecule has 0 bridgehead atoms. The summed E-state index contributed by atoms with van der Waals surface area (Å²) < 4.78 is 10.8. The van der Waals surface area contributed by atoms with Crippen molar-refractivity contribution in [3.05, 3.63) is 72.9 Å². The molecule has 1 atom stereocenters. The molecular formula is C73H132O5. The molecule has 0 fully saturated rings. The fourth-order valence-corrected chi connectivity index (χ4v) is 10.3. The number of aliphatic hydroxyl groups excluding tert-OH is 1. The smallest absolute Gasteiger partial charge is 0.306 e. The number of unbranched alkanes of at least 4 members (excludes halogenated alkanes) is 44. The number of hydrogen-bond donors (Lipinski definition) is 1. The molecule has 0 radical (unpaired) electrons. The number of hydrogen-bond acceptors (Lipinski definition) is 5. The topological polar surface area (TPSA) is 72.8 Å². The van der Waals surface area contributed by atoms with Gasteiger partial charge in [-0.3, -0.25) is 9.59 Å². The molecule has 0 aromatic rings. The quantitative estimate of drug-likeness (QED) is 0.0373. The van der Waals surface area contributed by atoms with Crippen LogP contribution < -0.4 is 0 Å². The lowest BCUT2D eigenvalue weighted by molar-refractivity contribution is -0.161. The number of ether oxygens (including phenoxy) is 2. The van der Waals surface area contributed by atoms with Crippen LogP contribution >= 0.6 is 0 Å². The first-order valence-corrected chi connectivity index (χ1v) is 34.5. The van der Waals surface area contributed by atoms with Crippen LogP contribution in [0.3, 0.4) is 0 Å². The van der Waals surface area contributed by atoms with Crippen molar-refractivity contribution in [3.63, 3.8) is 0 Å². The van der Waals surface area contributed by atoms with Crippen molar-refractivity contribution in [2.45, 2.75) is 367 Å². The van der Waals surface area contributed by atoms with Gasteiger partial charge in [0, 0.05) is 12.8 Å². The third kappa shape index (κ3) is 65.9. The van der Waals surface area contributed by atoms with E-state index < -0.39 is 6.10 Å². The fourth-order valence-electron chi connectivity index (χ4n) is 10.3. The number of rotatable bonds is 64. The minimum Gasteiger partial charge on any atom is -0.462 e. The lowest BCUT2D eigenvalue weighted by atomic mass is 10.0. The van der Waals surface area contributed by atoms with E-state index in [1.54, 1.807) is 0 Å². The van der Waals surface area contributed by atoms with E-state index in [9.17, 15) is 14.7 Å². The monoisotopic (exact) mass is 1090 g/mol. The number of aliphatic hydroxyl groups is 1. The zero-order valence-electron chi connectivity index (χ0n) is 52.2. The normalized spacial score (nSPS) is 12.6. The molecule has 0 aromatic carbocycles. The molecule has 0 aliphatic heterocycles. The molecule has 0 heterocycles. The van der Waals surface area contributed by atoms with E-state index in [0.29, 0.717) is 12.8 Å². The molecule has 78 heavy (non-hydrogen) atoms. The van der Waals surface area contributed by atoms with E-state index in [-0.39, 0.29) is 25.2 Å². The van der Waals surface area contributed by atoms with Crippen LogP contribution in [0, 0.1) is 0 Å². The van der Waals surface area contributed by atoms with Gasteiger partial charge in [0.1, 0.15) is 6.61 Å². The van der Waals surface area contributed by atoms with Gasteiger partial charge in [0.15, 0.2) is 6.10 Å². The van der Waals surface area contributed by atoms with Gasteiger partial charge in [-0.2, -0.15) is 0 Å². The Labute approximate surface area is 486 Å². The maximum atomic E-state index is 12.4. The van der Waals surface area contributed by atoms with Crippen molar-refractivity contribution >= 4 is 11.9 Å². The number of allylic oxidation sites excluding steroid dienone is 12. The summed E-state index contributed by atoms with van der Waals surface area (Å²) >= 11 is 0. The summed E-state index contributed by atoms with van der Waals surface area (Å²) in [5.74, 6) is -0.572. The van der Waals surface area contributed by atoms with Crippen molar-refractivity contribution in [3.8, 4) is 0 Å². The molecule has 0 amide bonds. The van der Waals surface area contributed by atoms with Crippen LogP contribution in [0.2, 0.25) is 0 Å². The van der Waals surface area contributed by atoms with Gasteiger partial charge < -0.3 is 14.6 Å². The highest BCUT2D eigenvalue weighted by Crippen LogP contribution is 2.18. The largest absolute Gasteiger partial charge is 0.462 e. The highest BCUT2D eigenvalue weighted by atomic mass is 16.6. The summed E-state index contributed by atoms with van der Waals surface area (Å²) in [7, 11) is 0. The second-order valence-electron chi connectivity index (χ2n) is 23.2. The third-order valence-electron chi connectivity index (χ3n) is 15.5. The van der Waals surface area contributed by atoms with E-state index in [1.165, 1.54) is 263 Å². The maximum Gasteiger partial charge on any atom is 0.306 e. The zero-order valence-corrected chi connectivity index (χ0v) is 52.2. The first-order chi connectivity index (χ1) is 38.6. The van der Waals surface area contributed by atoms with Crippen molar-refractivity contribution < 1.29 is 24.2 Å². The molecule has 454 valence electrons. The van der Waals surface area contributed by atoms with Crippen molar-refractivity contribution in [2.75, 3.05) is 13.2 Å². The molecule has 0 aliphatic carbocycles. The average Bonchev–Trinajstić information content (AvgIpc) is 3.44. The third-order valence-corrected chi connectivity index (χ3v) is 15.5. The lowest BCUT2D eigenvalue weighted by Crippen LogP contribution is -2.28. The minimum atomic E-state index is -0.772. The molecule has 0 saturated carbocycles. The molecule has 1 N–H and O–H groups in total. The maximum absolute atomic E-state index is 12.4. The van der Waals surface area contributed by atoms with E-state index in [1.807, 2.05) is 0 Å². The second kappa shape index (κ2) is 68.6. The second-order valence-corrected chi connectivity index (χ2v) is 23.2. The Balaban J connectivity index is 3.40. The summed E-state index contributed by atoms with van der Waals surface area (Å²) in [6.45, 7) is 4.07. The van der Waals surface area contributed by atoms with E-state index in [2.05, 4.69) is 86.8 Å². The minimum absolute atomic E-state index is 0.0621. The fraction of sp³-hybridized carbons (Fsp3) is 0.808. The van der Waals surface area contributed by atoms with Gasteiger partial charge in [-0.25, -0.2) is 0 Å². The van der Waals surface area contributed by atoms with Crippen LogP contribution in [0.25, 0.3) is 0 Å². The zero-order chi connectivity index (χ0) is 56.2. The highest BCUT2D eigenvalue weighted by Gasteiger charge is 2.16. The van der Waals surface area contributed by atoms with Crippen LogP contribution in [0.15, 0.2) is 72.9 Å². The number of carbonyl (C=O) groups excluding carboxylic acids is 2. The Bertz CT molecular complexity index is 1370. The van der Waals surface area contributed by atoms with E-state index >= 15 is 0 Å². The summed E-state index contributed by atoms with van der Waals surface area (Å²) in [6, 6.07) is 0. The van der Waals surface area contributed by atoms with E-state index in [4.69, 9.17) is 9.47 Å². The Kier molecular flexibility index (Phi) is 66.3. The lowest BCUT2D eigenvalue weighted by Gasteiger charge is -2.15. The molecule has 0 aromatic heterocycles. The predicted octanol–water partition coefficient (Wildman–Crippen LogP) is 23.9. The van der Waals surface area contributed by atoms with Gasteiger partial charge in [0.25, 0.3) is 0 Å². The Morgan fingerprint density at radius 2 is 0.551 bits per heavy atom. The molecule has 5 heteroatoms. The summed E-state index contributed by atoms with van der Waals surface area (Å²) in [6.07, 6.45) is 95.1. The standard InChI is InChI=1S/C73H132O5/c1-3-5-7-9-11-13-15-17-19-21-23-25-27-28-29-30-31-32-33-34-35-36-37-38-39-40-41-42-43-44-46-48-50-52-54-56-58-60-62-64-66-68-73(76)78-71(69-74)70-77-72(75)67-65-63-61-59-57-55-53-51-49-47-45-26-24-22-20-18-16-14-12-10-8-6-4-2/h5,7,11,13,17,19,22-25,28-29,71,74H,3-4,6,8-10,12,14-16,18,20-21,26-27,30-70H2,1-2H3/b7-5-,13-11-,19-17-,24-22-,25-23-,29-28-. The molecular weight excluding hydrogens is 957 g/mol. The van der Waals surface area contributed by atoms with Crippen LogP contribution in [0.4, 0.5) is 0 Å². The molecule has 0 spiro atoms. The predicted molar refractivity (Wildman–Crippen MR) is 343 cm³/mol. The Morgan fingerprint density at radius 1 is 0.308 bits per heavy atom. The van der Waals surface area contributed by atoms with Gasteiger partial charge in [-0.15, -0.1) is 0 Å². The number of esters is 2. The highest BCUT2D eigenvalue weighted by molar-refractivity contribution is 5.70. The number of carbonyl (C=O) groups is 2. The van der Waals surface area contributed by atoms with Crippen molar-refractivity contribution in [1.82, 2.24) is 0 Å². The molecule has 0 saturated heterocycles. The van der Waals surface area contributed by atoms with Crippen LogP contribution in [0.5, 0.6) is 0 Å². The SMILES string of the molecule is CC/C=C\C/C=C\C/C=C\C/C=C\C/C=C\CCCCCCCCCCCCCCCCCCCCCCCCCCCC(=O)OC(CO)COC(=O)CCCCCCCCCCCCC/C=C\CCCCCCCCCC. The first kappa shape index (κ1) is 75.3.